The third-order valence-corrected chi connectivity index (χ3v) is 5.52. The van der Waals surface area contributed by atoms with Crippen LogP contribution in [-0.4, -0.2) is 12.1 Å². The molecule has 0 aliphatic heterocycles. The summed E-state index contributed by atoms with van der Waals surface area (Å²) in [5, 5.41) is 5.13. The van der Waals surface area contributed by atoms with Crippen LogP contribution < -0.4 is 5.43 Å². The highest BCUT2D eigenvalue weighted by Gasteiger charge is 2.64. The van der Waals surface area contributed by atoms with E-state index in [1.807, 2.05) is 0 Å². The van der Waals surface area contributed by atoms with Crippen molar-refractivity contribution in [1.82, 2.24) is 5.43 Å². The molecule has 2 aliphatic carbocycles. The van der Waals surface area contributed by atoms with E-state index >= 15 is 0 Å². The molecule has 0 spiro atoms. The van der Waals surface area contributed by atoms with E-state index in [0.29, 0.717) is 16.0 Å². The topological polar surface area (TPSA) is 41.5 Å². The molecular weight excluding hydrogens is 307 g/mol. The number of hydrazone groups is 1. The monoisotopic (exact) mass is 324 g/mol. The van der Waals surface area contributed by atoms with Crippen molar-refractivity contribution in [3.8, 4) is 0 Å². The van der Waals surface area contributed by atoms with E-state index in [4.69, 9.17) is 23.2 Å². The maximum absolute atomic E-state index is 12.2. The number of halogens is 2. The van der Waals surface area contributed by atoms with E-state index in [2.05, 4.69) is 17.5 Å². The zero-order valence-corrected chi connectivity index (χ0v) is 13.4. The lowest BCUT2D eigenvalue weighted by Gasteiger charge is -2.15. The fourth-order valence-electron chi connectivity index (χ4n) is 3.69. The second kappa shape index (κ2) is 5.62. The van der Waals surface area contributed by atoms with Gasteiger partial charge in [-0.3, -0.25) is 4.79 Å². The molecule has 0 radical (unpaired) electrons. The van der Waals surface area contributed by atoms with Crippen LogP contribution in [-0.2, 0) is 4.79 Å². The highest BCUT2D eigenvalue weighted by molar-refractivity contribution is 6.36. The highest BCUT2D eigenvalue weighted by atomic mass is 35.5. The highest BCUT2D eigenvalue weighted by Crippen LogP contribution is 2.66. The van der Waals surface area contributed by atoms with Crippen LogP contribution in [0.15, 0.2) is 23.3 Å². The molecule has 5 heteroatoms. The summed E-state index contributed by atoms with van der Waals surface area (Å²) in [6, 6.07) is 5.18. The summed E-state index contributed by atoms with van der Waals surface area (Å²) in [4.78, 5) is 12.2. The molecule has 2 saturated carbocycles. The first-order valence-corrected chi connectivity index (χ1v) is 8.06. The van der Waals surface area contributed by atoms with Crippen LogP contribution in [0.25, 0.3) is 0 Å². The first kappa shape index (κ1) is 14.9. The summed E-state index contributed by atoms with van der Waals surface area (Å²) < 4.78 is 0. The van der Waals surface area contributed by atoms with Crippen molar-refractivity contribution in [1.29, 1.82) is 0 Å². The minimum atomic E-state index is 0.0331. The van der Waals surface area contributed by atoms with E-state index in [1.165, 1.54) is 19.3 Å². The van der Waals surface area contributed by atoms with Gasteiger partial charge in [-0.15, -0.1) is 0 Å². The Hall–Kier alpha value is -1.06. The van der Waals surface area contributed by atoms with Crippen LogP contribution in [0.2, 0.25) is 10.0 Å². The number of benzene rings is 1. The number of carbonyl (C=O) groups excluding carboxylic acids is 1. The lowest BCUT2D eigenvalue weighted by molar-refractivity contribution is -0.123. The van der Waals surface area contributed by atoms with Gasteiger partial charge in [-0.1, -0.05) is 49.0 Å². The normalized spacial score (nSPS) is 31.0. The van der Waals surface area contributed by atoms with Gasteiger partial charge in [-0.25, -0.2) is 5.43 Å². The van der Waals surface area contributed by atoms with E-state index < -0.39 is 0 Å². The molecule has 1 aromatic rings. The number of hydrogen-bond donors (Lipinski definition) is 1. The Balaban J connectivity index is 1.60. The minimum Gasteiger partial charge on any atom is -0.273 e. The second-order valence-corrected chi connectivity index (χ2v) is 7.08. The molecular formula is C16H18Cl2N2O. The molecule has 2 fully saturated rings. The molecule has 0 aromatic heterocycles. The fourth-order valence-corrected chi connectivity index (χ4v) is 4.15. The van der Waals surface area contributed by atoms with Crippen LogP contribution >= 0.6 is 23.2 Å². The lowest BCUT2D eigenvalue weighted by Crippen LogP contribution is -2.22. The predicted molar refractivity (Wildman–Crippen MR) is 85.8 cm³/mol. The summed E-state index contributed by atoms with van der Waals surface area (Å²) >= 11 is 11.9. The molecule has 21 heavy (non-hydrogen) atoms. The third kappa shape index (κ3) is 2.82. The molecule has 1 aromatic carbocycles. The number of nitrogens with one attached hydrogen (secondary N) is 1. The van der Waals surface area contributed by atoms with E-state index in [-0.39, 0.29) is 17.2 Å². The Morgan fingerprint density at radius 3 is 2.90 bits per heavy atom. The maximum Gasteiger partial charge on any atom is 0.244 e. The van der Waals surface area contributed by atoms with E-state index in [9.17, 15) is 4.79 Å². The van der Waals surface area contributed by atoms with Crippen molar-refractivity contribution in [2.75, 3.05) is 0 Å². The standard InChI is InChI=1S/C16H18Cl2N2O/c1-16-7-3-2-4-12(16)14(16)15(21)20-19-9-10-5-6-11(17)8-13(10)18/h5-6,8-9,12,14H,2-4,7H2,1H3,(H,20,21)/b19-9-/t12-,14+,16+/m0/s1. The van der Waals surface area contributed by atoms with Crippen LogP contribution in [0.3, 0.4) is 0 Å². The summed E-state index contributed by atoms with van der Waals surface area (Å²) in [5.41, 5.74) is 3.60. The van der Waals surface area contributed by atoms with Gasteiger partial charge in [0, 0.05) is 16.5 Å². The summed E-state index contributed by atoms with van der Waals surface area (Å²) in [5.74, 6) is 0.698. The van der Waals surface area contributed by atoms with Crippen LogP contribution in [0, 0.1) is 17.3 Å². The Labute approximate surface area is 134 Å². The maximum atomic E-state index is 12.2. The van der Waals surface area contributed by atoms with Gasteiger partial charge in [-0.05, 0) is 36.3 Å². The molecule has 1 amide bonds. The van der Waals surface area contributed by atoms with Crippen molar-refractivity contribution in [2.24, 2.45) is 22.4 Å². The molecule has 3 nitrogen and oxygen atoms in total. The Morgan fingerprint density at radius 1 is 1.43 bits per heavy atom. The molecule has 0 saturated heterocycles. The average Bonchev–Trinajstić information content (AvgIpc) is 3.07. The lowest BCUT2D eigenvalue weighted by atomic mass is 9.90. The minimum absolute atomic E-state index is 0.0331. The molecule has 1 N–H and O–H groups in total. The number of hydrogen-bond acceptors (Lipinski definition) is 2. The van der Waals surface area contributed by atoms with Gasteiger partial charge in [0.1, 0.15) is 0 Å². The molecule has 0 heterocycles. The van der Waals surface area contributed by atoms with Gasteiger partial charge >= 0.3 is 0 Å². The van der Waals surface area contributed by atoms with Crippen LogP contribution in [0.4, 0.5) is 0 Å². The second-order valence-electron chi connectivity index (χ2n) is 6.24. The molecule has 0 unspecified atom stereocenters. The quantitative estimate of drug-likeness (QED) is 0.654. The van der Waals surface area contributed by atoms with Gasteiger partial charge < -0.3 is 0 Å². The number of fused-ring (bicyclic) bond motifs is 1. The van der Waals surface area contributed by atoms with Crippen molar-refractivity contribution < 1.29 is 4.79 Å². The summed E-state index contributed by atoms with van der Waals surface area (Å²) in [6.45, 7) is 2.22. The van der Waals surface area contributed by atoms with Gasteiger partial charge in [0.2, 0.25) is 5.91 Å². The third-order valence-electron chi connectivity index (χ3n) is 4.95. The average molecular weight is 325 g/mol. The van der Waals surface area contributed by atoms with Gasteiger partial charge in [0.05, 0.1) is 11.2 Å². The largest absolute Gasteiger partial charge is 0.273 e. The molecule has 3 rings (SSSR count). The number of rotatable bonds is 3. The predicted octanol–water partition coefficient (Wildman–Crippen LogP) is 4.27. The first-order chi connectivity index (χ1) is 10.0. The molecule has 0 bridgehead atoms. The van der Waals surface area contributed by atoms with Gasteiger partial charge in [0.25, 0.3) is 0 Å². The Bertz CT molecular complexity index is 602. The number of carbonyl (C=O) groups is 1. The Morgan fingerprint density at radius 2 is 2.24 bits per heavy atom. The molecule has 3 atom stereocenters. The van der Waals surface area contributed by atoms with Crippen LogP contribution in [0.1, 0.15) is 38.2 Å². The van der Waals surface area contributed by atoms with E-state index in [1.54, 1.807) is 24.4 Å². The van der Waals surface area contributed by atoms with E-state index in [0.717, 1.165) is 12.0 Å². The van der Waals surface area contributed by atoms with Gasteiger partial charge in [-0.2, -0.15) is 5.10 Å². The molecule has 112 valence electrons. The smallest absolute Gasteiger partial charge is 0.244 e. The fraction of sp³-hybridized carbons (Fsp3) is 0.500. The summed E-state index contributed by atoms with van der Waals surface area (Å²) in [6.07, 6.45) is 6.36. The zero-order valence-electron chi connectivity index (χ0n) is 11.9. The first-order valence-electron chi connectivity index (χ1n) is 7.30. The van der Waals surface area contributed by atoms with Gasteiger partial charge in [0.15, 0.2) is 0 Å². The van der Waals surface area contributed by atoms with Crippen molar-refractivity contribution in [3.63, 3.8) is 0 Å². The Kier molecular flexibility index (Phi) is 3.98. The van der Waals surface area contributed by atoms with Crippen molar-refractivity contribution in [2.45, 2.75) is 32.6 Å². The van der Waals surface area contributed by atoms with Crippen molar-refractivity contribution in [3.05, 3.63) is 33.8 Å². The van der Waals surface area contributed by atoms with Crippen LogP contribution in [0.5, 0.6) is 0 Å². The zero-order chi connectivity index (χ0) is 15.0. The SMILES string of the molecule is C[C@@]12CCCC[C@H]1[C@@H]2C(=O)N/N=C\c1ccc(Cl)cc1Cl. The summed E-state index contributed by atoms with van der Waals surface area (Å²) in [7, 11) is 0. The number of amides is 1. The number of nitrogens with zero attached hydrogens (tertiary/aromatic N) is 1. The van der Waals surface area contributed by atoms with Crippen molar-refractivity contribution >= 4 is 35.3 Å². The molecule has 2 aliphatic rings.